The number of hydrogen-bond donors (Lipinski definition) is 10. The van der Waals surface area contributed by atoms with Crippen molar-refractivity contribution in [2.24, 2.45) is 0 Å². The lowest BCUT2D eigenvalue weighted by molar-refractivity contribution is -0.355. The van der Waals surface area contributed by atoms with Gasteiger partial charge in [-0.25, -0.2) is 4.79 Å². The Hall–Kier alpha value is -5.44. The van der Waals surface area contributed by atoms with Gasteiger partial charge in [0, 0.05) is 23.8 Å². The van der Waals surface area contributed by atoms with Crippen molar-refractivity contribution in [1.82, 2.24) is 0 Å². The molecule has 0 unspecified atom stereocenters. The number of fused-ring (bicyclic) bond motifs is 1. The quantitative estimate of drug-likeness (QED) is 0.0623. The van der Waals surface area contributed by atoms with E-state index in [0.29, 0.717) is 5.56 Å². The number of esters is 1. The molecule has 3 aromatic carbocycles. The lowest BCUT2D eigenvalue weighted by atomic mass is 9.97. The smallest absolute Gasteiger partial charge is 0.330 e. The van der Waals surface area contributed by atoms with Crippen molar-refractivity contribution in [2.45, 2.75) is 68.3 Å². The summed E-state index contributed by atoms with van der Waals surface area (Å²) in [5.41, 5.74) is -0.858. The number of rotatable bonds is 9. The topological polar surface area (TPSA) is 296 Å². The molecule has 1 aromatic heterocycles. The maximum absolute atomic E-state index is 13.9. The van der Waals surface area contributed by atoms with Crippen LogP contribution in [0.3, 0.4) is 0 Å². The first-order valence-electron chi connectivity index (χ1n) is 16.3. The summed E-state index contributed by atoms with van der Waals surface area (Å²) in [6.45, 7) is 0.691. The summed E-state index contributed by atoms with van der Waals surface area (Å²) in [6, 6.07) is 11.1. The van der Waals surface area contributed by atoms with Gasteiger partial charge in [0.1, 0.15) is 71.4 Å². The van der Waals surface area contributed by atoms with E-state index < -0.39 is 119 Å². The number of carbonyl (C=O) groups excluding carboxylic acids is 1. The number of carbonyl (C=O) groups is 1. The molecule has 10 N–H and O–H groups in total. The molecule has 54 heavy (non-hydrogen) atoms. The highest BCUT2D eigenvalue weighted by Crippen LogP contribution is 2.40. The Kier molecular flexibility index (Phi) is 11.0. The molecule has 0 spiro atoms. The highest BCUT2D eigenvalue weighted by molar-refractivity contribution is 5.88. The van der Waals surface area contributed by atoms with Gasteiger partial charge in [-0.2, -0.15) is 0 Å². The van der Waals surface area contributed by atoms with Crippen LogP contribution in [0.25, 0.3) is 28.4 Å². The molecule has 2 fully saturated rings. The first kappa shape index (κ1) is 38.3. The molecule has 288 valence electrons. The largest absolute Gasteiger partial charge is 0.508 e. The summed E-state index contributed by atoms with van der Waals surface area (Å²) in [4.78, 5) is 26.3. The molecule has 10 atom stereocenters. The van der Waals surface area contributed by atoms with Gasteiger partial charge in [0.2, 0.25) is 17.5 Å². The average molecular weight is 757 g/mol. The van der Waals surface area contributed by atoms with Crippen LogP contribution >= 0.6 is 0 Å². The second-order valence-electron chi connectivity index (χ2n) is 12.6. The van der Waals surface area contributed by atoms with Crippen LogP contribution in [0.4, 0.5) is 0 Å². The van der Waals surface area contributed by atoms with E-state index in [-0.39, 0.29) is 16.9 Å². The minimum Gasteiger partial charge on any atom is -0.508 e. The Morgan fingerprint density at radius 1 is 0.759 bits per heavy atom. The second-order valence-corrected chi connectivity index (χ2v) is 12.6. The summed E-state index contributed by atoms with van der Waals surface area (Å²) in [5.74, 6) is -4.31. The fourth-order valence-corrected chi connectivity index (χ4v) is 5.87. The molecule has 2 aliphatic rings. The zero-order chi connectivity index (χ0) is 39.0. The lowest BCUT2D eigenvalue weighted by Gasteiger charge is -2.45. The van der Waals surface area contributed by atoms with Crippen LogP contribution in [0.15, 0.2) is 69.9 Å². The Morgan fingerprint density at radius 2 is 1.48 bits per heavy atom. The number of phenolic OH excluding ortho intramolecular Hbond substituents is 5. The molecule has 0 amide bonds. The third-order valence-corrected chi connectivity index (χ3v) is 8.83. The van der Waals surface area contributed by atoms with E-state index in [9.17, 15) is 60.7 Å². The number of aliphatic hydroxyl groups excluding tert-OH is 5. The molecule has 18 nitrogen and oxygen atoms in total. The molecule has 0 aliphatic carbocycles. The maximum atomic E-state index is 13.9. The predicted molar refractivity (Wildman–Crippen MR) is 181 cm³/mol. The highest BCUT2D eigenvalue weighted by Gasteiger charge is 2.51. The van der Waals surface area contributed by atoms with Crippen molar-refractivity contribution in [3.05, 3.63) is 76.5 Å². The molecular formula is C36H36O18. The number of aromatic hydroxyl groups is 5. The Bertz CT molecular complexity index is 2080. The third-order valence-electron chi connectivity index (χ3n) is 8.83. The van der Waals surface area contributed by atoms with Crippen molar-refractivity contribution in [2.75, 3.05) is 6.61 Å². The fourth-order valence-electron chi connectivity index (χ4n) is 5.87. The van der Waals surface area contributed by atoms with Crippen LogP contribution < -0.4 is 10.2 Å². The molecule has 4 aromatic rings. The summed E-state index contributed by atoms with van der Waals surface area (Å²) in [7, 11) is 0. The summed E-state index contributed by atoms with van der Waals surface area (Å²) in [6.07, 6.45) is -15.2. The second kappa shape index (κ2) is 15.5. The minimum atomic E-state index is -2.00. The van der Waals surface area contributed by atoms with E-state index in [1.807, 2.05) is 0 Å². The van der Waals surface area contributed by atoms with Crippen molar-refractivity contribution in [3.8, 4) is 45.8 Å². The van der Waals surface area contributed by atoms with Crippen molar-refractivity contribution in [1.29, 1.82) is 0 Å². The van der Waals surface area contributed by atoms with Crippen LogP contribution in [0.2, 0.25) is 0 Å². The normalized spacial score (nSPS) is 28.6. The van der Waals surface area contributed by atoms with Gasteiger partial charge in [0.05, 0.1) is 6.10 Å². The van der Waals surface area contributed by atoms with Crippen LogP contribution in [0.5, 0.6) is 34.5 Å². The van der Waals surface area contributed by atoms with Gasteiger partial charge in [-0.05, 0) is 48.9 Å². The van der Waals surface area contributed by atoms with Crippen molar-refractivity contribution >= 4 is 23.0 Å². The zero-order valence-electron chi connectivity index (χ0n) is 28.1. The van der Waals surface area contributed by atoms with Crippen LogP contribution in [0.1, 0.15) is 12.5 Å². The van der Waals surface area contributed by atoms with E-state index in [0.717, 1.165) is 30.3 Å². The first-order valence-corrected chi connectivity index (χ1v) is 16.3. The van der Waals surface area contributed by atoms with E-state index in [1.165, 1.54) is 43.3 Å². The van der Waals surface area contributed by atoms with Gasteiger partial charge in [-0.3, -0.25) is 4.79 Å². The number of ether oxygens (including phenoxy) is 5. The predicted octanol–water partition coefficient (Wildman–Crippen LogP) is 0.283. The monoisotopic (exact) mass is 756 g/mol. The standard InChI is InChI=1S/C36H36O18/c1-14-26(43)30(47)34(54-35-31(48)29(46)27(44)23(52-35)13-49-24(42)9-4-15-2-6-17(37)7-3-15)36(50-14)53-33-28(45)25-21(41)11-18(38)12-22(25)51-32(33)16-5-8-19(39)20(40)10-16/h2-12,14,23,26-27,29-31,34-41,43-44,46-48H,13H2,1H3/b9-4+/t14-,23-,26-,27+,29-,30+,31+,34-,35-,36+/m0/s1. The van der Waals surface area contributed by atoms with E-state index in [2.05, 4.69) is 0 Å². The van der Waals surface area contributed by atoms with Crippen LogP contribution in [-0.2, 0) is 23.7 Å². The van der Waals surface area contributed by atoms with E-state index in [4.69, 9.17) is 28.1 Å². The SMILES string of the molecule is C[C@@H]1O[C@H](Oc2c(-c3ccc(O)c(O)c3)oc3cc(O)cc(O)c3c2=O)[C@@H](O[C@@H]2O[C@@H](COC(=O)/C=C/c3ccc(O)cc3)[C@@H](O)[C@H](O)[C@H]2O)[C@H](O)[C@H]1O. The molecule has 2 saturated heterocycles. The number of aliphatic hydroxyl groups is 5. The summed E-state index contributed by atoms with van der Waals surface area (Å²) >= 11 is 0. The highest BCUT2D eigenvalue weighted by atomic mass is 16.8. The van der Waals surface area contributed by atoms with Gasteiger partial charge in [-0.1, -0.05) is 12.1 Å². The molecule has 0 radical (unpaired) electrons. The Morgan fingerprint density at radius 3 is 2.19 bits per heavy atom. The summed E-state index contributed by atoms with van der Waals surface area (Å²) < 4.78 is 34.2. The van der Waals surface area contributed by atoms with Crippen molar-refractivity contribution < 1.29 is 84.0 Å². The molecular weight excluding hydrogens is 720 g/mol. The lowest BCUT2D eigenvalue weighted by Crippen LogP contribution is -2.64. The molecule has 2 aliphatic heterocycles. The van der Waals surface area contributed by atoms with E-state index >= 15 is 0 Å². The Balaban J connectivity index is 1.28. The maximum Gasteiger partial charge on any atom is 0.330 e. The zero-order valence-corrected chi connectivity index (χ0v) is 28.1. The van der Waals surface area contributed by atoms with Gasteiger partial charge in [0.15, 0.2) is 29.7 Å². The number of benzene rings is 3. The van der Waals surface area contributed by atoms with Gasteiger partial charge >= 0.3 is 5.97 Å². The Labute approximate surface area is 304 Å². The molecule has 0 bridgehead atoms. The fraction of sp³-hybridized carbons (Fsp3) is 0.333. The molecule has 6 rings (SSSR count). The number of phenols is 5. The summed E-state index contributed by atoms with van der Waals surface area (Å²) in [5, 5.41) is 104. The van der Waals surface area contributed by atoms with Gasteiger partial charge in [-0.15, -0.1) is 0 Å². The van der Waals surface area contributed by atoms with Crippen molar-refractivity contribution in [3.63, 3.8) is 0 Å². The number of hydrogen-bond acceptors (Lipinski definition) is 18. The minimum absolute atomic E-state index is 0.0198. The average Bonchev–Trinajstić information content (AvgIpc) is 3.13. The third kappa shape index (κ3) is 7.77. The molecule has 0 saturated carbocycles. The van der Waals surface area contributed by atoms with Gasteiger partial charge < -0.3 is 79.2 Å². The first-order chi connectivity index (χ1) is 25.6. The molecule has 3 heterocycles. The molecule has 18 heteroatoms. The van der Waals surface area contributed by atoms with Gasteiger partial charge in [0.25, 0.3) is 0 Å². The van der Waals surface area contributed by atoms with Crippen LogP contribution in [0, 0.1) is 0 Å². The van der Waals surface area contributed by atoms with E-state index in [1.54, 1.807) is 0 Å². The van der Waals surface area contributed by atoms with Crippen LogP contribution in [-0.4, -0.2) is 125 Å².